The predicted octanol–water partition coefficient (Wildman–Crippen LogP) is 1.85. The van der Waals surface area contributed by atoms with E-state index >= 15 is 0 Å². The first kappa shape index (κ1) is 8.37. The Kier molecular flexibility index (Phi) is 2.74. The molecule has 0 atom stereocenters. The Labute approximate surface area is 74.6 Å². The fourth-order valence-corrected chi connectivity index (χ4v) is 1.12. The molecule has 0 unspecified atom stereocenters. The van der Waals surface area contributed by atoms with Gasteiger partial charge in [-0.15, -0.1) is 0 Å². The lowest BCUT2D eigenvalue weighted by Gasteiger charge is -1.91. The van der Waals surface area contributed by atoms with Gasteiger partial charge in [-0.3, -0.25) is 0 Å². The van der Waals surface area contributed by atoms with Crippen LogP contribution in [-0.4, -0.2) is 0 Å². The SMILES string of the molecule is C=CO[n+]1cc(Cl)cc(Cl)c1. The Morgan fingerprint density at radius 3 is 2.36 bits per heavy atom. The zero-order chi connectivity index (χ0) is 8.27. The van der Waals surface area contributed by atoms with Crippen LogP contribution in [0.2, 0.25) is 10.0 Å². The van der Waals surface area contributed by atoms with Crippen LogP contribution >= 0.6 is 23.2 Å². The van der Waals surface area contributed by atoms with Gasteiger partial charge >= 0.3 is 0 Å². The van der Waals surface area contributed by atoms with E-state index in [-0.39, 0.29) is 0 Å². The largest absolute Gasteiger partial charge is 0.241 e. The summed E-state index contributed by atoms with van der Waals surface area (Å²) >= 11 is 11.3. The zero-order valence-electron chi connectivity index (χ0n) is 5.63. The maximum absolute atomic E-state index is 5.67. The molecule has 58 valence electrons. The molecule has 2 nitrogen and oxygen atoms in total. The van der Waals surface area contributed by atoms with Crippen LogP contribution in [0.4, 0.5) is 0 Å². The van der Waals surface area contributed by atoms with Gasteiger partial charge < -0.3 is 0 Å². The van der Waals surface area contributed by atoms with Crippen molar-refractivity contribution in [3.05, 3.63) is 41.3 Å². The van der Waals surface area contributed by atoms with Crippen LogP contribution in [0.15, 0.2) is 31.3 Å². The van der Waals surface area contributed by atoms with Crippen molar-refractivity contribution < 1.29 is 9.57 Å². The highest BCUT2D eigenvalue weighted by atomic mass is 35.5. The van der Waals surface area contributed by atoms with Gasteiger partial charge in [0.1, 0.15) is 10.0 Å². The van der Waals surface area contributed by atoms with E-state index in [0.29, 0.717) is 10.0 Å². The maximum Gasteiger partial charge on any atom is 0.241 e. The third-order valence-electron chi connectivity index (χ3n) is 0.973. The minimum absolute atomic E-state index is 0.513. The second-order valence-corrected chi connectivity index (χ2v) is 2.68. The van der Waals surface area contributed by atoms with Crippen molar-refractivity contribution in [3.8, 4) is 0 Å². The average Bonchev–Trinajstić information content (AvgIpc) is 1.85. The van der Waals surface area contributed by atoms with E-state index in [1.54, 1.807) is 18.5 Å². The Morgan fingerprint density at radius 2 is 1.91 bits per heavy atom. The summed E-state index contributed by atoms with van der Waals surface area (Å²) in [5, 5.41) is 1.03. The standard InChI is InChI=1S/C7H6Cl2NO/c1-2-11-10-4-6(8)3-7(9)5-10/h2-5H,1H2/q+1. The molecule has 0 amide bonds. The molecular weight excluding hydrogens is 185 g/mol. The zero-order valence-corrected chi connectivity index (χ0v) is 7.14. The van der Waals surface area contributed by atoms with E-state index < -0.39 is 0 Å². The quantitative estimate of drug-likeness (QED) is 0.513. The smallest absolute Gasteiger partial charge is 0.240 e. The molecule has 0 bridgehead atoms. The fourth-order valence-electron chi connectivity index (χ4n) is 0.634. The molecule has 1 aromatic rings. The fraction of sp³-hybridized carbons (Fsp3) is 0. The topological polar surface area (TPSA) is 13.1 Å². The first-order valence-electron chi connectivity index (χ1n) is 2.88. The second kappa shape index (κ2) is 3.60. The maximum atomic E-state index is 5.67. The second-order valence-electron chi connectivity index (χ2n) is 1.80. The van der Waals surface area contributed by atoms with Gasteiger partial charge in [0.2, 0.25) is 12.4 Å². The van der Waals surface area contributed by atoms with E-state index in [2.05, 4.69) is 6.58 Å². The molecule has 0 aromatic carbocycles. The van der Waals surface area contributed by atoms with Crippen LogP contribution in [-0.2, 0) is 0 Å². The van der Waals surface area contributed by atoms with Gasteiger partial charge in [0.15, 0.2) is 6.26 Å². The lowest BCUT2D eigenvalue weighted by Crippen LogP contribution is -2.38. The third kappa shape index (κ3) is 2.41. The molecule has 0 spiro atoms. The van der Waals surface area contributed by atoms with Crippen molar-refractivity contribution >= 4 is 23.2 Å². The van der Waals surface area contributed by atoms with Crippen LogP contribution in [0.25, 0.3) is 0 Å². The summed E-state index contributed by atoms with van der Waals surface area (Å²) in [6.07, 6.45) is 4.44. The molecule has 0 radical (unpaired) electrons. The van der Waals surface area contributed by atoms with Crippen molar-refractivity contribution in [1.82, 2.24) is 0 Å². The average molecular weight is 191 g/mol. The molecule has 0 N–H and O–H groups in total. The number of pyridine rings is 1. The van der Waals surface area contributed by atoms with Gasteiger partial charge in [0.05, 0.1) is 0 Å². The van der Waals surface area contributed by atoms with E-state index in [1.807, 2.05) is 0 Å². The van der Waals surface area contributed by atoms with Crippen molar-refractivity contribution in [1.29, 1.82) is 0 Å². The summed E-state index contributed by atoms with van der Waals surface area (Å²) < 4.78 is 1.37. The van der Waals surface area contributed by atoms with Crippen molar-refractivity contribution in [2.75, 3.05) is 0 Å². The molecule has 11 heavy (non-hydrogen) atoms. The molecule has 1 rings (SSSR count). The summed E-state index contributed by atoms with van der Waals surface area (Å²) in [5.74, 6) is 0. The van der Waals surface area contributed by atoms with Crippen LogP contribution in [0, 0.1) is 0 Å². The Morgan fingerprint density at radius 1 is 1.36 bits per heavy atom. The molecule has 0 aliphatic carbocycles. The normalized spacial score (nSPS) is 9.27. The van der Waals surface area contributed by atoms with Gasteiger partial charge in [-0.05, 0) is 6.07 Å². The molecule has 1 heterocycles. The van der Waals surface area contributed by atoms with Crippen molar-refractivity contribution in [3.63, 3.8) is 0 Å². The van der Waals surface area contributed by atoms with Gasteiger partial charge in [0, 0.05) is 4.73 Å². The molecule has 0 saturated heterocycles. The van der Waals surface area contributed by atoms with E-state index in [1.165, 1.54) is 11.0 Å². The summed E-state index contributed by atoms with van der Waals surface area (Å²) in [5.41, 5.74) is 0. The first-order chi connectivity index (χ1) is 5.22. The number of nitrogens with zero attached hydrogens (tertiary/aromatic N) is 1. The molecular formula is C7H6Cl2NO+. The molecule has 0 saturated carbocycles. The van der Waals surface area contributed by atoms with Crippen LogP contribution in [0.5, 0.6) is 0 Å². The van der Waals surface area contributed by atoms with Crippen molar-refractivity contribution in [2.24, 2.45) is 0 Å². The minimum atomic E-state index is 0.513. The highest BCUT2D eigenvalue weighted by molar-refractivity contribution is 6.34. The van der Waals surface area contributed by atoms with Gasteiger partial charge in [-0.1, -0.05) is 29.8 Å². The molecule has 0 aliphatic rings. The van der Waals surface area contributed by atoms with E-state index in [0.717, 1.165) is 0 Å². The Hall–Kier alpha value is -0.730. The molecule has 0 fully saturated rings. The minimum Gasteiger partial charge on any atom is -0.240 e. The lowest BCUT2D eigenvalue weighted by molar-refractivity contribution is -0.876. The predicted molar refractivity (Wildman–Crippen MR) is 43.4 cm³/mol. The highest BCUT2D eigenvalue weighted by Crippen LogP contribution is 2.11. The van der Waals surface area contributed by atoms with Crippen LogP contribution in [0.1, 0.15) is 0 Å². The lowest BCUT2D eigenvalue weighted by atomic mass is 10.5. The number of hydrogen-bond acceptors (Lipinski definition) is 1. The summed E-state index contributed by atoms with van der Waals surface area (Å²) in [4.78, 5) is 4.88. The Bertz CT molecular complexity index is 255. The number of hydrogen-bond donors (Lipinski definition) is 0. The number of rotatable bonds is 2. The van der Waals surface area contributed by atoms with Crippen LogP contribution in [0.3, 0.4) is 0 Å². The van der Waals surface area contributed by atoms with Crippen molar-refractivity contribution in [2.45, 2.75) is 0 Å². The molecule has 4 heteroatoms. The Balaban J connectivity index is 2.98. The van der Waals surface area contributed by atoms with E-state index in [9.17, 15) is 0 Å². The van der Waals surface area contributed by atoms with E-state index in [4.69, 9.17) is 28.0 Å². The van der Waals surface area contributed by atoms with Crippen LogP contribution < -0.4 is 9.57 Å². The first-order valence-corrected chi connectivity index (χ1v) is 3.63. The van der Waals surface area contributed by atoms with Gasteiger partial charge in [-0.2, -0.15) is 0 Å². The monoisotopic (exact) mass is 190 g/mol. The number of aromatic nitrogens is 1. The van der Waals surface area contributed by atoms with Gasteiger partial charge in [-0.25, -0.2) is 4.84 Å². The van der Waals surface area contributed by atoms with Gasteiger partial charge in [0.25, 0.3) is 0 Å². The molecule has 0 aliphatic heterocycles. The summed E-state index contributed by atoms with van der Waals surface area (Å²) in [7, 11) is 0. The summed E-state index contributed by atoms with van der Waals surface area (Å²) in [6.45, 7) is 3.39. The summed E-state index contributed by atoms with van der Waals surface area (Å²) in [6, 6.07) is 1.62. The number of halogens is 2. The molecule has 1 aromatic heterocycles. The highest BCUT2D eigenvalue weighted by Gasteiger charge is 2.04. The third-order valence-corrected chi connectivity index (χ3v) is 1.39.